The predicted molar refractivity (Wildman–Crippen MR) is 195 cm³/mol. The molecule has 2 nitrogen and oxygen atoms in total. The van der Waals surface area contributed by atoms with Crippen LogP contribution in [0, 0.1) is 0 Å². The van der Waals surface area contributed by atoms with Gasteiger partial charge in [0.1, 0.15) is 6.17 Å². The molecule has 0 aromatic heterocycles. The quantitative estimate of drug-likeness (QED) is 0.131. The van der Waals surface area contributed by atoms with E-state index in [2.05, 4.69) is 167 Å². The summed E-state index contributed by atoms with van der Waals surface area (Å²) >= 11 is 5.29. The number of hydrogen-bond acceptors (Lipinski definition) is 3. The smallest absolute Gasteiger partial charge is 0.261 e. The molecule has 1 heterocycles. The minimum Gasteiger partial charge on any atom is -0.406 e. The maximum atomic E-state index is 16.5. The molecule has 1 fully saturated rings. The Balaban J connectivity index is 1.59. The molecule has 5 rings (SSSR count). The third kappa shape index (κ3) is 6.21. The van der Waals surface area contributed by atoms with Crippen LogP contribution in [0.25, 0.3) is 0 Å². The van der Waals surface area contributed by atoms with Crippen LogP contribution in [-0.2, 0) is 8.85 Å². The highest BCUT2D eigenvalue weighted by Crippen LogP contribution is 2.47. The van der Waals surface area contributed by atoms with Crippen molar-refractivity contribution in [1.29, 1.82) is 0 Å². The van der Waals surface area contributed by atoms with Gasteiger partial charge in [0.2, 0.25) is 0 Å². The number of alkyl halides is 2. The number of hydrogen-bond donors (Lipinski definition) is 0. The number of halogens is 2. The summed E-state index contributed by atoms with van der Waals surface area (Å²) in [5, 5.41) is 4.12. The molecule has 1 saturated heterocycles. The Morgan fingerprint density at radius 2 is 0.955 bits per heavy atom. The molecule has 0 bridgehead atoms. The second-order valence-electron chi connectivity index (χ2n) is 13.7. The fourth-order valence-electron chi connectivity index (χ4n) is 6.81. The molecular formula is C37H44BrFO2SSi2. The van der Waals surface area contributed by atoms with Gasteiger partial charge in [0.05, 0.1) is 15.5 Å². The van der Waals surface area contributed by atoms with Crippen LogP contribution < -0.4 is 20.7 Å². The number of benzene rings is 4. The van der Waals surface area contributed by atoms with Crippen LogP contribution in [0.2, 0.25) is 10.1 Å². The highest BCUT2D eigenvalue weighted by Gasteiger charge is 2.57. The zero-order valence-electron chi connectivity index (χ0n) is 26.5. The van der Waals surface area contributed by atoms with Crippen molar-refractivity contribution in [3.63, 3.8) is 0 Å². The lowest BCUT2D eigenvalue weighted by atomic mass is 10.2. The molecule has 0 saturated carbocycles. The minimum atomic E-state index is -2.99. The van der Waals surface area contributed by atoms with Gasteiger partial charge in [-0.1, -0.05) is 179 Å². The maximum Gasteiger partial charge on any atom is 0.261 e. The molecule has 4 aromatic carbocycles. The summed E-state index contributed by atoms with van der Waals surface area (Å²) in [6, 6.07) is 42.3. The molecular weight excluding hydrogens is 664 g/mol. The van der Waals surface area contributed by atoms with E-state index in [0.29, 0.717) is 6.61 Å². The molecule has 4 atom stereocenters. The SMILES string of the molecule is CC(C)(C)[Si](OC[C@H]1SC(Br)[C@@H](F)[C@@H]1O[Si](c1ccccc1)(c1ccccc1)C(C)(C)C)(c1ccccc1)c1ccccc1. The van der Waals surface area contributed by atoms with Crippen molar-refractivity contribution < 1.29 is 13.2 Å². The monoisotopic (exact) mass is 706 g/mol. The second-order valence-corrected chi connectivity index (χ2v) is 25.2. The largest absolute Gasteiger partial charge is 0.406 e. The summed E-state index contributed by atoms with van der Waals surface area (Å²) in [7, 11) is -5.79. The van der Waals surface area contributed by atoms with Crippen LogP contribution >= 0.6 is 27.7 Å². The van der Waals surface area contributed by atoms with E-state index < -0.39 is 28.9 Å². The molecule has 1 unspecified atom stereocenters. The van der Waals surface area contributed by atoms with Gasteiger partial charge in [-0.2, -0.15) is 0 Å². The summed E-state index contributed by atoms with van der Waals surface area (Å²) in [5.41, 5.74) is 0. The molecule has 0 N–H and O–H groups in total. The molecule has 232 valence electrons. The normalized spacial score (nSPS) is 21.4. The van der Waals surface area contributed by atoms with Gasteiger partial charge in [-0.05, 0) is 30.8 Å². The van der Waals surface area contributed by atoms with E-state index in [9.17, 15) is 0 Å². The van der Waals surface area contributed by atoms with E-state index in [0.717, 1.165) is 10.4 Å². The lowest BCUT2D eigenvalue weighted by Gasteiger charge is -2.46. The Kier molecular flexibility index (Phi) is 10.1. The number of rotatable bonds is 9. The average molecular weight is 708 g/mol. The van der Waals surface area contributed by atoms with E-state index in [-0.39, 0.29) is 19.5 Å². The fourth-order valence-corrected chi connectivity index (χ4v) is 18.6. The molecule has 1 aliphatic heterocycles. The van der Waals surface area contributed by atoms with Gasteiger partial charge < -0.3 is 8.85 Å². The van der Waals surface area contributed by atoms with Crippen LogP contribution in [-0.4, -0.2) is 44.9 Å². The van der Waals surface area contributed by atoms with Crippen LogP contribution in [0.3, 0.4) is 0 Å². The summed E-state index contributed by atoms with van der Waals surface area (Å²) in [4.78, 5) is 0. The van der Waals surface area contributed by atoms with Gasteiger partial charge in [0.25, 0.3) is 16.6 Å². The van der Waals surface area contributed by atoms with E-state index in [1.807, 2.05) is 12.1 Å². The zero-order valence-corrected chi connectivity index (χ0v) is 30.9. The molecule has 0 amide bonds. The standard InChI is InChI=1S/C37H44BrFO2SSi2/c1-36(2,3)43(28-19-11-7-12-20-28,29-21-13-8-14-22-29)40-27-32-34(33(39)35(38)42-32)41-44(37(4,5)6,30-23-15-9-16-24-30)31-25-17-10-18-26-31/h7-26,32-35H,27H2,1-6H3/t32-,33+,34-,35?/m1/s1. The van der Waals surface area contributed by atoms with Crippen molar-refractivity contribution >= 4 is 65.1 Å². The summed E-state index contributed by atoms with van der Waals surface area (Å²) in [6.45, 7) is 14.0. The Morgan fingerprint density at radius 1 is 0.614 bits per heavy atom. The molecule has 7 heteroatoms. The molecule has 44 heavy (non-hydrogen) atoms. The summed E-state index contributed by atoms with van der Waals surface area (Å²) in [6.07, 6.45) is -1.83. The Labute approximate surface area is 278 Å². The molecule has 1 aliphatic rings. The molecule has 0 radical (unpaired) electrons. The van der Waals surface area contributed by atoms with Crippen molar-refractivity contribution in [3.05, 3.63) is 121 Å². The summed E-state index contributed by atoms with van der Waals surface area (Å²) < 4.78 is 30.9. The lowest BCUT2D eigenvalue weighted by Crippen LogP contribution is -2.69. The summed E-state index contributed by atoms with van der Waals surface area (Å²) in [5.74, 6) is 0. The topological polar surface area (TPSA) is 18.5 Å². The fraction of sp³-hybridized carbons (Fsp3) is 0.351. The van der Waals surface area contributed by atoms with E-state index in [4.69, 9.17) is 8.85 Å². The van der Waals surface area contributed by atoms with E-state index in [1.54, 1.807) is 11.8 Å². The first-order valence-electron chi connectivity index (χ1n) is 15.4. The Morgan fingerprint density at radius 3 is 1.30 bits per heavy atom. The lowest BCUT2D eigenvalue weighted by molar-refractivity contribution is 0.0931. The molecule has 0 spiro atoms. The highest BCUT2D eigenvalue weighted by molar-refractivity contribution is 9.11. The van der Waals surface area contributed by atoms with Crippen molar-refractivity contribution in [2.24, 2.45) is 0 Å². The van der Waals surface area contributed by atoms with Gasteiger partial charge in [-0.25, -0.2) is 4.39 Å². The third-order valence-electron chi connectivity index (χ3n) is 8.85. The highest BCUT2D eigenvalue weighted by atomic mass is 79.9. The first-order valence-corrected chi connectivity index (χ1v) is 21.1. The van der Waals surface area contributed by atoms with Gasteiger partial charge in [-0.3, -0.25) is 0 Å². The number of thioether (sulfide) groups is 1. The van der Waals surface area contributed by atoms with Crippen LogP contribution in [0.1, 0.15) is 41.5 Å². The molecule has 4 aromatic rings. The minimum absolute atomic E-state index is 0.170. The van der Waals surface area contributed by atoms with Crippen LogP contribution in [0.4, 0.5) is 4.39 Å². The van der Waals surface area contributed by atoms with E-state index in [1.165, 1.54) is 10.4 Å². The van der Waals surface area contributed by atoms with Crippen molar-refractivity contribution in [2.75, 3.05) is 6.61 Å². The van der Waals surface area contributed by atoms with Crippen molar-refractivity contribution in [1.82, 2.24) is 0 Å². The zero-order chi connectivity index (χ0) is 31.6. The Hall–Kier alpha value is -2.01. The van der Waals surface area contributed by atoms with Crippen LogP contribution in [0.15, 0.2) is 121 Å². The van der Waals surface area contributed by atoms with E-state index >= 15 is 4.39 Å². The van der Waals surface area contributed by atoms with Crippen LogP contribution in [0.5, 0.6) is 0 Å². The average Bonchev–Trinajstić information content (AvgIpc) is 3.28. The van der Waals surface area contributed by atoms with Crippen molar-refractivity contribution in [2.45, 2.75) is 73.3 Å². The molecule has 0 aliphatic carbocycles. The first kappa shape index (κ1) is 33.4. The first-order chi connectivity index (χ1) is 20.9. The van der Waals surface area contributed by atoms with Gasteiger partial charge in [-0.15, -0.1) is 11.8 Å². The second kappa shape index (κ2) is 13.4. The predicted octanol–water partition coefficient (Wildman–Crippen LogP) is 7.68. The van der Waals surface area contributed by atoms with Gasteiger partial charge in [0, 0.05) is 6.61 Å². The van der Waals surface area contributed by atoms with Crippen molar-refractivity contribution in [3.8, 4) is 0 Å². The Bertz CT molecular complexity index is 1400. The third-order valence-corrected chi connectivity index (χ3v) is 21.3. The van der Waals surface area contributed by atoms with Gasteiger partial charge >= 0.3 is 0 Å². The maximum absolute atomic E-state index is 16.5. The van der Waals surface area contributed by atoms with Gasteiger partial charge in [0.15, 0.2) is 0 Å².